The van der Waals surface area contributed by atoms with Crippen molar-refractivity contribution >= 4 is 5.91 Å². The van der Waals surface area contributed by atoms with Crippen LogP contribution in [-0.4, -0.2) is 33.2 Å². The van der Waals surface area contributed by atoms with Crippen LogP contribution < -0.4 is 0 Å². The zero-order valence-corrected chi connectivity index (χ0v) is 10.1. The normalized spacial score (nSPS) is 18.2. The van der Waals surface area contributed by atoms with Crippen LogP contribution in [0.3, 0.4) is 0 Å². The summed E-state index contributed by atoms with van der Waals surface area (Å²) in [7, 11) is 1.76. The smallest absolute Gasteiger partial charge is 0.275 e. The van der Waals surface area contributed by atoms with Gasteiger partial charge in [-0.15, -0.1) is 0 Å². The van der Waals surface area contributed by atoms with Crippen LogP contribution in [0, 0.1) is 6.92 Å². The fraction of sp³-hybridized carbons (Fsp3) is 0.231. The van der Waals surface area contributed by atoms with Gasteiger partial charge in [0.2, 0.25) is 0 Å². The van der Waals surface area contributed by atoms with E-state index >= 15 is 0 Å². The van der Waals surface area contributed by atoms with Gasteiger partial charge in [0.1, 0.15) is 5.75 Å². The van der Waals surface area contributed by atoms with Gasteiger partial charge in [0.25, 0.3) is 5.91 Å². The summed E-state index contributed by atoms with van der Waals surface area (Å²) in [5.74, 6) is 0.141. The molecule has 0 bridgehead atoms. The first kappa shape index (κ1) is 10.8. The third kappa shape index (κ3) is 1.33. The number of aromatic nitrogens is 2. The molecule has 5 heteroatoms. The van der Waals surface area contributed by atoms with Crippen LogP contribution in [0.25, 0.3) is 0 Å². The number of aryl methyl sites for hydroxylation is 1. The number of fused-ring (bicyclic) bond motifs is 1. The lowest BCUT2D eigenvalue weighted by molar-refractivity contribution is 0.0787. The molecule has 0 saturated heterocycles. The molecule has 1 aliphatic rings. The van der Waals surface area contributed by atoms with Gasteiger partial charge >= 0.3 is 0 Å². The zero-order chi connectivity index (χ0) is 12.9. The Morgan fingerprint density at radius 3 is 2.67 bits per heavy atom. The summed E-state index contributed by atoms with van der Waals surface area (Å²) >= 11 is 0. The standard InChI is InChI=1S/C13H13N3O2/c1-7-10-11(15-14-7)13(18)16(2)12(10)8-3-5-9(17)6-4-8/h3-6,12,17H,1-2H3,(H,14,15). The van der Waals surface area contributed by atoms with Gasteiger partial charge in [-0.25, -0.2) is 0 Å². The van der Waals surface area contributed by atoms with E-state index in [0.29, 0.717) is 5.69 Å². The van der Waals surface area contributed by atoms with E-state index in [4.69, 9.17) is 0 Å². The molecule has 0 radical (unpaired) electrons. The Morgan fingerprint density at radius 1 is 1.33 bits per heavy atom. The Bertz CT molecular complexity index is 616. The summed E-state index contributed by atoms with van der Waals surface area (Å²) in [5.41, 5.74) is 3.29. The van der Waals surface area contributed by atoms with E-state index < -0.39 is 0 Å². The van der Waals surface area contributed by atoms with Crippen LogP contribution in [0.1, 0.15) is 33.4 Å². The Labute approximate surface area is 104 Å². The molecule has 92 valence electrons. The number of hydrogen-bond acceptors (Lipinski definition) is 3. The summed E-state index contributed by atoms with van der Waals surface area (Å²) in [6, 6.07) is 6.77. The molecule has 18 heavy (non-hydrogen) atoms. The van der Waals surface area contributed by atoms with Crippen molar-refractivity contribution in [1.29, 1.82) is 0 Å². The predicted octanol–water partition coefficient (Wildman–Crippen LogP) is 1.60. The van der Waals surface area contributed by atoms with E-state index in [1.54, 1.807) is 24.1 Å². The van der Waals surface area contributed by atoms with Crippen LogP contribution in [0.15, 0.2) is 24.3 Å². The summed E-state index contributed by atoms with van der Waals surface area (Å²) in [4.78, 5) is 13.7. The van der Waals surface area contributed by atoms with Crippen LogP contribution in [-0.2, 0) is 0 Å². The number of benzene rings is 1. The molecule has 0 spiro atoms. The number of H-pyrrole nitrogens is 1. The van der Waals surface area contributed by atoms with Crippen LogP contribution in [0.5, 0.6) is 5.75 Å². The number of phenolic OH excluding ortho intramolecular Hbond substituents is 1. The number of nitrogens with zero attached hydrogens (tertiary/aromatic N) is 2. The first-order chi connectivity index (χ1) is 8.59. The number of aromatic amines is 1. The first-order valence-corrected chi connectivity index (χ1v) is 5.70. The van der Waals surface area contributed by atoms with E-state index in [2.05, 4.69) is 10.2 Å². The largest absolute Gasteiger partial charge is 0.508 e. The molecule has 2 N–H and O–H groups in total. The molecule has 3 rings (SSSR count). The van der Waals surface area contributed by atoms with Crippen molar-refractivity contribution in [3.8, 4) is 5.75 Å². The lowest BCUT2D eigenvalue weighted by atomic mass is 9.99. The predicted molar refractivity (Wildman–Crippen MR) is 65.4 cm³/mol. The van der Waals surface area contributed by atoms with Gasteiger partial charge in [0, 0.05) is 18.3 Å². The molecular formula is C13H13N3O2. The molecule has 0 fully saturated rings. The summed E-state index contributed by atoms with van der Waals surface area (Å²) in [6.45, 7) is 1.91. The van der Waals surface area contributed by atoms with Crippen molar-refractivity contribution < 1.29 is 9.90 Å². The number of amides is 1. The number of phenols is 1. The van der Waals surface area contributed by atoms with E-state index in [-0.39, 0.29) is 17.7 Å². The molecule has 1 aromatic carbocycles. The molecule has 0 aliphatic carbocycles. The Balaban J connectivity index is 2.14. The number of hydrogen-bond donors (Lipinski definition) is 2. The molecule has 1 atom stereocenters. The second-order valence-corrected chi connectivity index (χ2v) is 4.52. The van der Waals surface area contributed by atoms with Crippen molar-refractivity contribution in [3.05, 3.63) is 46.8 Å². The molecule has 5 nitrogen and oxygen atoms in total. The van der Waals surface area contributed by atoms with Gasteiger partial charge in [0.15, 0.2) is 5.69 Å². The summed E-state index contributed by atoms with van der Waals surface area (Å²) < 4.78 is 0. The van der Waals surface area contributed by atoms with E-state index in [0.717, 1.165) is 16.8 Å². The van der Waals surface area contributed by atoms with Crippen LogP contribution in [0.2, 0.25) is 0 Å². The summed E-state index contributed by atoms with van der Waals surface area (Å²) in [6.07, 6.45) is 0. The number of nitrogens with one attached hydrogen (secondary N) is 1. The maximum absolute atomic E-state index is 12.1. The maximum atomic E-state index is 12.1. The van der Waals surface area contributed by atoms with Gasteiger partial charge in [-0.3, -0.25) is 9.89 Å². The van der Waals surface area contributed by atoms with Crippen molar-refractivity contribution in [1.82, 2.24) is 15.1 Å². The van der Waals surface area contributed by atoms with Gasteiger partial charge in [0.05, 0.1) is 6.04 Å². The Morgan fingerprint density at radius 2 is 2.00 bits per heavy atom. The van der Waals surface area contributed by atoms with Gasteiger partial charge in [-0.2, -0.15) is 5.10 Å². The van der Waals surface area contributed by atoms with E-state index in [1.807, 2.05) is 19.1 Å². The SMILES string of the molecule is Cc1[nH]nc2c1C(c1ccc(O)cc1)N(C)C2=O. The molecule has 1 aliphatic heterocycles. The Hall–Kier alpha value is -2.30. The second kappa shape index (κ2) is 3.60. The van der Waals surface area contributed by atoms with Gasteiger partial charge < -0.3 is 10.0 Å². The van der Waals surface area contributed by atoms with Crippen molar-refractivity contribution in [2.45, 2.75) is 13.0 Å². The average Bonchev–Trinajstić information content (AvgIpc) is 2.84. The second-order valence-electron chi connectivity index (χ2n) is 4.52. The number of carbonyl (C=O) groups excluding carboxylic acids is 1. The van der Waals surface area contributed by atoms with Gasteiger partial charge in [-0.1, -0.05) is 12.1 Å². The first-order valence-electron chi connectivity index (χ1n) is 5.70. The number of aromatic hydroxyl groups is 1. The van der Waals surface area contributed by atoms with E-state index in [9.17, 15) is 9.90 Å². The minimum Gasteiger partial charge on any atom is -0.508 e. The molecule has 1 unspecified atom stereocenters. The molecule has 1 amide bonds. The molecular weight excluding hydrogens is 230 g/mol. The van der Waals surface area contributed by atoms with Gasteiger partial charge in [-0.05, 0) is 24.6 Å². The third-order valence-electron chi connectivity index (χ3n) is 3.39. The number of carbonyl (C=O) groups is 1. The molecule has 1 aromatic heterocycles. The molecule has 0 saturated carbocycles. The fourth-order valence-corrected chi connectivity index (χ4v) is 2.46. The van der Waals surface area contributed by atoms with Crippen molar-refractivity contribution in [2.24, 2.45) is 0 Å². The minimum atomic E-state index is -0.133. The number of rotatable bonds is 1. The highest BCUT2D eigenvalue weighted by molar-refractivity contribution is 5.98. The topological polar surface area (TPSA) is 69.2 Å². The van der Waals surface area contributed by atoms with Crippen molar-refractivity contribution in [2.75, 3.05) is 7.05 Å². The minimum absolute atomic E-state index is 0.0765. The zero-order valence-electron chi connectivity index (χ0n) is 10.1. The van der Waals surface area contributed by atoms with Crippen LogP contribution in [0.4, 0.5) is 0 Å². The highest BCUT2D eigenvalue weighted by Crippen LogP contribution is 2.38. The highest BCUT2D eigenvalue weighted by atomic mass is 16.3. The average molecular weight is 243 g/mol. The fourth-order valence-electron chi connectivity index (χ4n) is 2.46. The highest BCUT2D eigenvalue weighted by Gasteiger charge is 2.39. The molecule has 2 heterocycles. The molecule has 2 aromatic rings. The van der Waals surface area contributed by atoms with Crippen LogP contribution >= 0.6 is 0 Å². The lowest BCUT2D eigenvalue weighted by Gasteiger charge is -2.21. The quantitative estimate of drug-likeness (QED) is 0.799. The Kier molecular flexibility index (Phi) is 2.16. The monoisotopic (exact) mass is 243 g/mol. The third-order valence-corrected chi connectivity index (χ3v) is 3.39. The summed E-state index contributed by atoms with van der Waals surface area (Å²) in [5, 5.41) is 16.2. The maximum Gasteiger partial charge on any atom is 0.275 e. The van der Waals surface area contributed by atoms with Crippen molar-refractivity contribution in [3.63, 3.8) is 0 Å². The lowest BCUT2D eigenvalue weighted by Crippen LogP contribution is -2.24. The van der Waals surface area contributed by atoms with E-state index in [1.165, 1.54) is 0 Å².